The van der Waals surface area contributed by atoms with Gasteiger partial charge in [0.1, 0.15) is 5.82 Å². The fraction of sp³-hybridized carbons (Fsp3) is 0.125. The van der Waals surface area contributed by atoms with E-state index in [4.69, 9.17) is 23.2 Å². The van der Waals surface area contributed by atoms with Crippen LogP contribution in [0, 0.1) is 0 Å². The Kier molecular flexibility index (Phi) is 3.70. The summed E-state index contributed by atoms with van der Waals surface area (Å²) in [5, 5.41) is 0.709. The quantitative estimate of drug-likeness (QED) is 0.659. The number of hydrogen-bond donors (Lipinski definition) is 0. The zero-order valence-corrected chi connectivity index (χ0v) is 12.8. The summed E-state index contributed by atoms with van der Waals surface area (Å²) in [4.78, 5) is 17.3. The molecule has 0 saturated heterocycles. The number of alkyl halides is 1. The lowest BCUT2D eigenvalue weighted by molar-refractivity contribution is 0.815. The second kappa shape index (κ2) is 5.51. The van der Waals surface area contributed by atoms with Crippen molar-refractivity contribution in [1.82, 2.24) is 9.55 Å². The van der Waals surface area contributed by atoms with Crippen LogP contribution in [-0.2, 0) is 0 Å². The fourth-order valence-electron chi connectivity index (χ4n) is 2.28. The second-order valence-corrected chi connectivity index (χ2v) is 5.81. The molecule has 3 nitrogen and oxygen atoms in total. The van der Waals surface area contributed by atoms with Crippen LogP contribution in [0.4, 0.5) is 0 Å². The standard InChI is InChI=1S/C16H12Cl2N2O/c1-10(17)15-19-14-8-3-2-7-13(14)16(21)20(15)12-6-4-5-11(18)9-12/h2-10H,1H3. The van der Waals surface area contributed by atoms with E-state index in [2.05, 4.69) is 4.98 Å². The highest BCUT2D eigenvalue weighted by molar-refractivity contribution is 6.30. The van der Waals surface area contributed by atoms with Crippen molar-refractivity contribution in [3.8, 4) is 5.69 Å². The first kappa shape index (κ1) is 14.1. The molecule has 1 aromatic heterocycles. The topological polar surface area (TPSA) is 34.9 Å². The minimum absolute atomic E-state index is 0.148. The van der Waals surface area contributed by atoms with Crippen LogP contribution < -0.4 is 5.56 Å². The minimum Gasteiger partial charge on any atom is -0.268 e. The SMILES string of the molecule is CC(Cl)c1nc2ccccc2c(=O)n1-c1cccc(Cl)c1. The zero-order chi connectivity index (χ0) is 15.0. The van der Waals surface area contributed by atoms with Crippen LogP contribution in [0.25, 0.3) is 16.6 Å². The molecule has 0 radical (unpaired) electrons. The van der Waals surface area contributed by atoms with Crippen molar-refractivity contribution in [3.05, 3.63) is 69.7 Å². The van der Waals surface area contributed by atoms with Crippen molar-refractivity contribution in [2.45, 2.75) is 12.3 Å². The molecular weight excluding hydrogens is 307 g/mol. The summed E-state index contributed by atoms with van der Waals surface area (Å²) in [5.41, 5.74) is 1.15. The predicted molar refractivity (Wildman–Crippen MR) is 86.6 cm³/mol. The molecule has 0 saturated carbocycles. The third-order valence-corrected chi connectivity index (χ3v) is 3.65. The summed E-state index contributed by atoms with van der Waals surface area (Å²) in [5.74, 6) is 0.502. The average molecular weight is 319 g/mol. The molecule has 0 aliphatic carbocycles. The predicted octanol–water partition coefficient (Wildman–Crippen LogP) is 4.34. The Hall–Kier alpha value is -1.84. The van der Waals surface area contributed by atoms with Crippen LogP contribution in [0.3, 0.4) is 0 Å². The minimum atomic E-state index is -0.402. The van der Waals surface area contributed by atoms with Crippen LogP contribution in [0.1, 0.15) is 18.1 Å². The van der Waals surface area contributed by atoms with Crippen LogP contribution >= 0.6 is 23.2 Å². The van der Waals surface area contributed by atoms with Crippen molar-refractivity contribution in [2.75, 3.05) is 0 Å². The monoisotopic (exact) mass is 318 g/mol. The molecular formula is C16H12Cl2N2O. The molecule has 0 aliphatic heterocycles. The van der Waals surface area contributed by atoms with Gasteiger partial charge >= 0.3 is 0 Å². The van der Waals surface area contributed by atoms with E-state index in [1.807, 2.05) is 24.3 Å². The highest BCUT2D eigenvalue weighted by Crippen LogP contribution is 2.23. The third-order valence-electron chi connectivity index (χ3n) is 3.22. The second-order valence-electron chi connectivity index (χ2n) is 4.72. The molecule has 0 N–H and O–H groups in total. The van der Waals surface area contributed by atoms with E-state index < -0.39 is 5.38 Å². The molecule has 106 valence electrons. The summed E-state index contributed by atoms with van der Waals surface area (Å²) in [6.07, 6.45) is 0. The maximum Gasteiger partial charge on any atom is 0.266 e. The number of para-hydroxylation sites is 1. The van der Waals surface area contributed by atoms with Gasteiger partial charge in [-0.3, -0.25) is 9.36 Å². The lowest BCUT2D eigenvalue weighted by atomic mass is 10.2. The van der Waals surface area contributed by atoms with Crippen LogP contribution in [0.5, 0.6) is 0 Å². The lowest BCUT2D eigenvalue weighted by Crippen LogP contribution is -2.24. The molecule has 21 heavy (non-hydrogen) atoms. The van der Waals surface area contributed by atoms with E-state index >= 15 is 0 Å². The number of nitrogens with zero attached hydrogens (tertiary/aromatic N) is 2. The molecule has 0 amide bonds. The molecule has 1 atom stereocenters. The molecule has 1 heterocycles. The first-order valence-corrected chi connectivity index (χ1v) is 7.31. The van der Waals surface area contributed by atoms with Gasteiger partial charge in [0, 0.05) is 5.02 Å². The molecule has 2 aromatic carbocycles. The molecule has 0 bridgehead atoms. The summed E-state index contributed by atoms with van der Waals surface area (Å²) >= 11 is 12.2. The van der Waals surface area contributed by atoms with Gasteiger partial charge in [-0.25, -0.2) is 4.98 Å². The normalized spacial score (nSPS) is 12.5. The average Bonchev–Trinajstić information content (AvgIpc) is 2.47. The van der Waals surface area contributed by atoms with Crippen molar-refractivity contribution in [2.24, 2.45) is 0 Å². The summed E-state index contributed by atoms with van der Waals surface area (Å²) in [6.45, 7) is 1.79. The van der Waals surface area contributed by atoms with Gasteiger partial charge in [-0.05, 0) is 37.3 Å². The Morgan fingerprint density at radius 1 is 1.14 bits per heavy atom. The Balaban J connectivity index is 2.42. The van der Waals surface area contributed by atoms with E-state index in [9.17, 15) is 4.79 Å². The Bertz CT molecular complexity index is 872. The molecule has 3 aromatic rings. The van der Waals surface area contributed by atoms with E-state index in [1.165, 1.54) is 4.57 Å². The van der Waals surface area contributed by atoms with E-state index in [0.29, 0.717) is 27.4 Å². The molecule has 0 fully saturated rings. The van der Waals surface area contributed by atoms with Crippen LogP contribution in [0.2, 0.25) is 5.02 Å². The van der Waals surface area contributed by atoms with Gasteiger partial charge in [-0.2, -0.15) is 0 Å². The highest BCUT2D eigenvalue weighted by atomic mass is 35.5. The van der Waals surface area contributed by atoms with E-state index in [1.54, 1.807) is 31.2 Å². The van der Waals surface area contributed by atoms with Gasteiger partial charge in [0.15, 0.2) is 0 Å². The number of aromatic nitrogens is 2. The summed E-state index contributed by atoms with van der Waals surface area (Å²) < 4.78 is 1.52. The highest BCUT2D eigenvalue weighted by Gasteiger charge is 2.16. The van der Waals surface area contributed by atoms with Crippen LogP contribution in [0.15, 0.2) is 53.3 Å². The fourth-order valence-corrected chi connectivity index (χ4v) is 2.61. The van der Waals surface area contributed by atoms with Gasteiger partial charge in [0.05, 0.1) is 22.0 Å². The van der Waals surface area contributed by atoms with Crippen molar-refractivity contribution in [3.63, 3.8) is 0 Å². The van der Waals surface area contributed by atoms with Crippen molar-refractivity contribution >= 4 is 34.1 Å². The first-order valence-electron chi connectivity index (χ1n) is 6.49. The van der Waals surface area contributed by atoms with Crippen molar-refractivity contribution in [1.29, 1.82) is 0 Å². The molecule has 0 aliphatic rings. The number of rotatable bonds is 2. The molecule has 5 heteroatoms. The van der Waals surface area contributed by atoms with E-state index in [-0.39, 0.29) is 5.56 Å². The van der Waals surface area contributed by atoms with Crippen LogP contribution in [-0.4, -0.2) is 9.55 Å². The Morgan fingerprint density at radius 3 is 2.62 bits per heavy atom. The van der Waals surface area contributed by atoms with E-state index in [0.717, 1.165) is 0 Å². The smallest absolute Gasteiger partial charge is 0.266 e. The zero-order valence-electron chi connectivity index (χ0n) is 11.3. The molecule has 3 rings (SSSR count). The number of benzene rings is 2. The summed E-state index contributed by atoms with van der Waals surface area (Å²) in [7, 11) is 0. The van der Waals surface area contributed by atoms with Gasteiger partial charge < -0.3 is 0 Å². The van der Waals surface area contributed by atoms with Gasteiger partial charge in [-0.1, -0.05) is 29.8 Å². The maximum absolute atomic E-state index is 12.8. The lowest BCUT2D eigenvalue weighted by Gasteiger charge is -2.15. The van der Waals surface area contributed by atoms with Crippen molar-refractivity contribution < 1.29 is 0 Å². The molecule has 0 spiro atoms. The first-order chi connectivity index (χ1) is 10.1. The Labute approximate surface area is 131 Å². The summed E-state index contributed by atoms with van der Waals surface area (Å²) in [6, 6.07) is 14.3. The molecule has 1 unspecified atom stereocenters. The number of hydrogen-bond acceptors (Lipinski definition) is 2. The third kappa shape index (κ3) is 2.55. The number of fused-ring (bicyclic) bond motifs is 1. The van der Waals surface area contributed by atoms with Gasteiger partial charge in [0.2, 0.25) is 0 Å². The number of halogens is 2. The largest absolute Gasteiger partial charge is 0.268 e. The van der Waals surface area contributed by atoms with Gasteiger partial charge in [0.25, 0.3) is 5.56 Å². The van der Waals surface area contributed by atoms with Gasteiger partial charge in [-0.15, -0.1) is 11.6 Å². The Morgan fingerprint density at radius 2 is 1.90 bits per heavy atom. The maximum atomic E-state index is 12.8.